The van der Waals surface area contributed by atoms with Gasteiger partial charge in [-0.25, -0.2) is 0 Å². The number of aromatic amines is 1. The lowest BCUT2D eigenvalue weighted by Gasteiger charge is -2.06. The quantitative estimate of drug-likeness (QED) is 0.498. The molecule has 0 amide bonds. The first-order valence-corrected chi connectivity index (χ1v) is 9.51. The lowest BCUT2D eigenvalue weighted by molar-refractivity contribution is 0.103. The van der Waals surface area contributed by atoms with Crippen molar-refractivity contribution in [1.82, 2.24) is 4.98 Å². The summed E-state index contributed by atoms with van der Waals surface area (Å²) in [4.78, 5) is 41.2. The van der Waals surface area contributed by atoms with Crippen LogP contribution in [-0.4, -0.2) is 17.9 Å². The second kappa shape index (κ2) is 7.97. The molecule has 148 valence electrons. The number of aromatic nitrogens is 1. The Morgan fingerprint density at radius 1 is 0.900 bits per heavy atom. The first kappa shape index (κ1) is 19.6. The number of ether oxygens (including phenoxy) is 1. The third-order valence-electron chi connectivity index (χ3n) is 4.81. The van der Waals surface area contributed by atoms with Crippen LogP contribution < -0.4 is 15.7 Å². The summed E-state index contributed by atoms with van der Waals surface area (Å²) < 4.78 is 5.28. The molecule has 3 aromatic carbocycles. The molecule has 1 heterocycles. The average Bonchev–Trinajstić information content (AvgIpc) is 2.87. The maximum atomic E-state index is 13.3. The highest BCUT2D eigenvalue weighted by Crippen LogP contribution is 2.26. The summed E-state index contributed by atoms with van der Waals surface area (Å²) in [5.41, 5.74) is 1.03. The van der Waals surface area contributed by atoms with Crippen molar-refractivity contribution in [2.45, 2.75) is 0 Å². The Kier molecular flexibility index (Phi) is 5.21. The number of fused-ring (bicyclic) bond motifs is 1. The van der Waals surface area contributed by atoms with E-state index in [9.17, 15) is 14.4 Å². The van der Waals surface area contributed by atoms with Gasteiger partial charge < -0.3 is 9.72 Å². The van der Waals surface area contributed by atoms with Crippen molar-refractivity contribution in [3.05, 3.63) is 110 Å². The maximum Gasteiger partial charge on any atom is 0.291 e. The van der Waals surface area contributed by atoms with Gasteiger partial charge in [0.1, 0.15) is 0 Å². The van der Waals surface area contributed by atoms with E-state index < -0.39 is 5.56 Å². The molecule has 0 saturated heterocycles. The predicted molar refractivity (Wildman–Crippen MR) is 118 cm³/mol. The van der Waals surface area contributed by atoms with Gasteiger partial charge in [-0.3, -0.25) is 14.4 Å². The molecule has 4 rings (SSSR count). The molecule has 4 aromatic rings. The van der Waals surface area contributed by atoms with Crippen molar-refractivity contribution >= 4 is 28.3 Å². The van der Waals surface area contributed by atoms with Crippen LogP contribution >= 0.6 is 11.6 Å². The Labute approximate surface area is 176 Å². The van der Waals surface area contributed by atoms with E-state index in [2.05, 4.69) is 4.98 Å². The van der Waals surface area contributed by atoms with E-state index in [0.717, 1.165) is 0 Å². The van der Waals surface area contributed by atoms with Gasteiger partial charge in [-0.15, -0.1) is 0 Å². The number of hydrogen-bond acceptors (Lipinski definition) is 4. The molecular formula is C24H16ClNO4. The summed E-state index contributed by atoms with van der Waals surface area (Å²) in [6, 6.07) is 20.1. The van der Waals surface area contributed by atoms with E-state index in [1.807, 2.05) is 6.07 Å². The minimum atomic E-state index is -0.550. The minimum absolute atomic E-state index is 0.102. The van der Waals surface area contributed by atoms with Gasteiger partial charge in [0.25, 0.3) is 5.56 Å². The van der Waals surface area contributed by atoms with Crippen LogP contribution in [0.15, 0.2) is 82.4 Å². The number of methoxy groups -OCH3 is 1. The predicted octanol–water partition coefficient (Wildman–Crippen LogP) is 4.45. The lowest BCUT2D eigenvalue weighted by Crippen LogP contribution is -2.10. The standard InChI is InChI=1S/C24H16ClNO4/c1-30-23-20(22(28)18-12-11-17(25)13-19(18)26-24(23)29)14-7-9-16(10-8-14)21(27)15-5-3-2-4-6-15/h2-13H,1H3,(H,26,29). The second-order valence-corrected chi connectivity index (χ2v) is 7.09. The maximum absolute atomic E-state index is 13.3. The van der Waals surface area contributed by atoms with Gasteiger partial charge in [0.15, 0.2) is 17.0 Å². The highest BCUT2D eigenvalue weighted by molar-refractivity contribution is 6.31. The molecule has 5 nitrogen and oxygen atoms in total. The molecule has 0 fully saturated rings. The number of ketones is 1. The Balaban J connectivity index is 1.90. The van der Waals surface area contributed by atoms with Crippen molar-refractivity contribution < 1.29 is 9.53 Å². The Hall–Kier alpha value is -3.70. The van der Waals surface area contributed by atoms with Crippen LogP contribution in [0.4, 0.5) is 0 Å². The van der Waals surface area contributed by atoms with Crippen LogP contribution in [0.1, 0.15) is 15.9 Å². The zero-order chi connectivity index (χ0) is 21.3. The molecule has 1 aromatic heterocycles. The number of nitrogens with one attached hydrogen (secondary N) is 1. The smallest absolute Gasteiger partial charge is 0.291 e. The number of carbonyl (C=O) groups excluding carboxylic acids is 1. The van der Waals surface area contributed by atoms with Gasteiger partial charge in [-0.2, -0.15) is 0 Å². The van der Waals surface area contributed by atoms with Gasteiger partial charge in [-0.05, 0) is 23.8 Å². The van der Waals surface area contributed by atoms with Gasteiger partial charge >= 0.3 is 0 Å². The normalized spacial score (nSPS) is 10.7. The number of carbonyl (C=O) groups is 1. The van der Waals surface area contributed by atoms with Crippen molar-refractivity contribution in [3.63, 3.8) is 0 Å². The number of benzene rings is 3. The first-order valence-electron chi connectivity index (χ1n) is 9.13. The summed E-state index contributed by atoms with van der Waals surface area (Å²) in [5.74, 6) is -0.234. The number of halogens is 1. The SMILES string of the molecule is COc1c(-c2ccc(C(=O)c3ccccc3)cc2)c(=O)c2ccc(Cl)cc2[nH]c1=O. The fraction of sp³-hybridized carbons (Fsp3) is 0.0417. The van der Waals surface area contributed by atoms with E-state index >= 15 is 0 Å². The molecule has 0 bridgehead atoms. The van der Waals surface area contributed by atoms with Crippen LogP contribution in [0.5, 0.6) is 5.75 Å². The molecule has 6 heteroatoms. The van der Waals surface area contributed by atoms with E-state index in [-0.39, 0.29) is 22.5 Å². The third-order valence-corrected chi connectivity index (χ3v) is 5.05. The van der Waals surface area contributed by atoms with Gasteiger partial charge in [-0.1, -0.05) is 66.2 Å². The molecule has 0 radical (unpaired) electrons. The highest BCUT2D eigenvalue weighted by Gasteiger charge is 2.17. The van der Waals surface area contributed by atoms with Gasteiger partial charge in [0.05, 0.1) is 18.2 Å². The zero-order valence-electron chi connectivity index (χ0n) is 15.9. The second-order valence-electron chi connectivity index (χ2n) is 6.65. The van der Waals surface area contributed by atoms with Crippen molar-refractivity contribution in [2.24, 2.45) is 0 Å². The van der Waals surface area contributed by atoms with Gasteiger partial charge in [0, 0.05) is 21.5 Å². The molecule has 0 saturated carbocycles. The molecule has 30 heavy (non-hydrogen) atoms. The number of rotatable bonds is 4. The summed E-state index contributed by atoms with van der Waals surface area (Å²) >= 11 is 6.01. The van der Waals surface area contributed by atoms with Crippen molar-refractivity contribution in [3.8, 4) is 16.9 Å². The molecule has 0 atom stereocenters. The van der Waals surface area contributed by atoms with Gasteiger partial charge in [0.2, 0.25) is 0 Å². The number of H-pyrrole nitrogens is 1. The van der Waals surface area contributed by atoms with E-state index in [0.29, 0.717) is 32.6 Å². The molecule has 0 spiro atoms. The minimum Gasteiger partial charge on any atom is -0.491 e. The monoisotopic (exact) mass is 417 g/mol. The molecule has 0 aliphatic heterocycles. The largest absolute Gasteiger partial charge is 0.491 e. The third kappa shape index (κ3) is 3.51. The van der Waals surface area contributed by atoms with Crippen molar-refractivity contribution in [1.29, 1.82) is 0 Å². The molecule has 1 N–H and O–H groups in total. The Bertz CT molecular complexity index is 1380. The Morgan fingerprint density at radius 2 is 1.57 bits per heavy atom. The topological polar surface area (TPSA) is 76.2 Å². The van der Waals surface area contributed by atoms with Crippen LogP contribution in [0.2, 0.25) is 5.02 Å². The summed E-state index contributed by atoms with van der Waals surface area (Å²) in [5, 5.41) is 0.701. The van der Waals surface area contributed by atoms with Crippen molar-refractivity contribution in [2.75, 3.05) is 7.11 Å². The first-order chi connectivity index (χ1) is 14.5. The molecular weight excluding hydrogens is 402 g/mol. The summed E-state index contributed by atoms with van der Waals surface area (Å²) in [6.07, 6.45) is 0. The number of hydrogen-bond donors (Lipinski definition) is 1. The van der Waals surface area contributed by atoms with E-state index in [1.165, 1.54) is 13.2 Å². The van der Waals surface area contributed by atoms with Crippen LogP contribution in [0.3, 0.4) is 0 Å². The Morgan fingerprint density at radius 3 is 2.23 bits per heavy atom. The molecule has 0 aliphatic carbocycles. The zero-order valence-corrected chi connectivity index (χ0v) is 16.7. The summed E-state index contributed by atoms with van der Waals surface area (Å²) in [7, 11) is 1.33. The van der Waals surface area contributed by atoms with E-state index in [1.54, 1.807) is 60.7 Å². The van der Waals surface area contributed by atoms with E-state index in [4.69, 9.17) is 16.3 Å². The van der Waals surface area contributed by atoms with Crippen LogP contribution in [0, 0.1) is 0 Å². The summed E-state index contributed by atoms with van der Waals surface area (Å²) in [6.45, 7) is 0. The fourth-order valence-electron chi connectivity index (χ4n) is 3.35. The fourth-order valence-corrected chi connectivity index (χ4v) is 3.52. The lowest BCUT2D eigenvalue weighted by atomic mass is 9.99. The molecule has 0 unspecified atom stereocenters. The molecule has 0 aliphatic rings. The van der Waals surface area contributed by atoms with Crippen LogP contribution in [-0.2, 0) is 0 Å². The highest BCUT2D eigenvalue weighted by atomic mass is 35.5. The van der Waals surface area contributed by atoms with Crippen LogP contribution in [0.25, 0.3) is 22.0 Å². The average molecular weight is 418 g/mol.